The van der Waals surface area contributed by atoms with E-state index >= 15 is 0 Å². The van der Waals surface area contributed by atoms with Gasteiger partial charge in [-0.15, -0.1) is 0 Å². The van der Waals surface area contributed by atoms with Crippen molar-refractivity contribution >= 4 is 0 Å². The molecule has 0 bridgehead atoms. The summed E-state index contributed by atoms with van der Waals surface area (Å²) in [4.78, 5) is 0. The highest BCUT2D eigenvalue weighted by atomic mass is 16.3. The van der Waals surface area contributed by atoms with Gasteiger partial charge in [-0.2, -0.15) is 0 Å². The van der Waals surface area contributed by atoms with Crippen molar-refractivity contribution < 1.29 is 15.3 Å². The van der Waals surface area contributed by atoms with Crippen LogP contribution in [-0.2, 0) is 0 Å². The molecule has 0 radical (unpaired) electrons. The fourth-order valence-electron chi connectivity index (χ4n) is 1.44. The fourth-order valence-corrected chi connectivity index (χ4v) is 1.44. The SMILES string of the molecule is CCCCC(O)C(O)CCCCCO. The normalized spacial score (nSPS) is 15.4. The van der Waals surface area contributed by atoms with E-state index in [1.165, 1.54) is 0 Å². The first-order valence-corrected chi connectivity index (χ1v) is 5.69. The molecule has 0 aromatic heterocycles. The molecule has 0 saturated carbocycles. The van der Waals surface area contributed by atoms with Crippen LogP contribution >= 0.6 is 0 Å². The summed E-state index contributed by atoms with van der Waals surface area (Å²) in [5.74, 6) is 0. The van der Waals surface area contributed by atoms with Crippen LogP contribution in [0.15, 0.2) is 0 Å². The molecule has 2 atom stereocenters. The van der Waals surface area contributed by atoms with Crippen molar-refractivity contribution in [3.05, 3.63) is 0 Å². The number of aliphatic hydroxyl groups excluding tert-OH is 3. The lowest BCUT2D eigenvalue weighted by atomic mass is 10.0. The van der Waals surface area contributed by atoms with E-state index in [0.717, 1.165) is 32.1 Å². The zero-order valence-electron chi connectivity index (χ0n) is 9.15. The van der Waals surface area contributed by atoms with Crippen LogP contribution in [0.5, 0.6) is 0 Å². The number of hydrogen-bond donors (Lipinski definition) is 3. The predicted octanol–water partition coefficient (Wildman–Crippen LogP) is 1.45. The Labute approximate surface area is 86.8 Å². The van der Waals surface area contributed by atoms with Gasteiger partial charge >= 0.3 is 0 Å². The molecule has 3 heteroatoms. The predicted molar refractivity (Wildman–Crippen MR) is 57.1 cm³/mol. The molecule has 0 rings (SSSR count). The molecule has 0 fully saturated rings. The average Bonchev–Trinajstić information content (AvgIpc) is 2.20. The highest BCUT2D eigenvalue weighted by molar-refractivity contribution is 4.66. The van der Waals surface area contributed by atoms with Crippen molar-refractivity contribution in [2.45, 2.75) is 64.1 Å². The summed E-state index contributed by atoms with van der Waals surface area (Å²) in [5.41, 5.74) is 0. The lowest BCUT2D eigenvalue weighted by Gasteiger charge is -2.17. The van der Waals surface area contributed by atoms with Crippen LogP contribution in [0.3, 0.4) is 0 Å². The Balaban J connectivity index is 3.36. The Morgan fingerprint density at radius 2 is 1.43 bits per heavy atom. The summed E-state index contributed by atoms with van der Waals surface area (Å²) < 4.78 is 0. The highest BCUT2D eigenvalue weighted by Crippen LogP contribution is 2.11. The first kappa shape index (κ1) is 13.9. The minimum Gasteiger partial charge on any atom is -0.396 e. The Morgan fingerprint density at radius 1 is 0.857 bits per heavy atom. The molecule has 2 unspecified atom stereocenters. The molecule has 0 amide bonds. The van der Waals surface area contributed by atoms with Gasteiger partial charge in [0.1, 0.15) is 0 Å². The first-order valence-electron chi connectivity index (χ1n) is 5.69. The monoisotopic (exact) mass is 204 g/mol. The van der Waals surface area contributed by atoms with Gasteiger partial charge in [-0.1, -0.05) is 32.6 Å². The zero-order chi connectivity index (χ0) is 10.8. The van der Waals surface area contributed by atoms with Gasteiger partial charge in [0.05, 0.1) is 12.2 Å². The van der Waals surface area contributed by atoms with Crippen LogP contribution in [0.25, 0.3) is 0 Å². The van der Waals surface area contributed by atoms with Crippen LogP contribution < -0.4 is 0 Å². The average molecular weight is 204 g/mol. The van der Waals surface area contributed by atoms with Crippen molar-refractivity contribution in [2.24, 2.45) is 0 Å². The third-order valence-electron chi connectivity index (χ3n) is 2.46. The summed E-state index contributed by atoms with van der Waals surface area (Å²) >= 11 is 0. The van der Waals surface area contributed by atoms with Gasteiger partial charge in [-0.25, -0.2) is 0 Å². The van der Waals surface area contributed by atoms with Crippen molar-refractivity contribution in [2.75, 3.05) is 6.61 Å². The van der Waals surface area contributed by atoms with E-state index in [-0.39, 0.29) is 6.61 Å². The fraction of sp³-hybridized carbons (Fsp3) is 1.00. The molecule has 0 aliphatic heterocycles. The summed E-state index contributed by atoms with van der Waals surface area (Å²) in [7, 11) is 0. The Morgan fingerprint density at radius 3 is 1.93 bits per heavy atom. The number of rotatable bonds is 9. The molecule has 0 aromatic carbocycles. The molecule has 14 heavy (non-hydrogen) atoms. The molecule has 0 heterocycles. The van der Waals surface area contributed by atoms with Gasteiger partial charge in [-0.05, 0) is 19.3 Å². The maximum atomic E-state index is 9.53. The molecule has 3 nitrogen and oxygen atoms in total. The second-order valence-corrected chi connectivity index (χ2v) is 3.85. The topological polar surface area (TPSA) is 60.7 Å². The molecule has 0 aliphatic carbocycles. The Hall–Kier alpha value is -0.120. The van der Waals surface area contributed by atoms with E-state index in [1.807, 2.05) is 0 Å². The molecular formula is C11H24O3. The Kier molecular flexibility index (Phi) is 9.35. The molecular weight excluding hydrogens is 180 g/mol. The van der Waals surface area contributed by atoms with Crippen LogP contribution in [0.4, 0.5) is 0 Å². The van der Waals surface area contributed by atoms with E-state index in [4.69, 9.17) is 5.11 Å². The Bertz CT molecular complexity index is 117. The van der Waals surface area contributed by atoms with E-state index in [9.17, 15) is 10.2 Å². The maximum absolute atomic E-state index is 9.53. The molecule has 0 saturated heterocycles. The summed E-state index contributed by atoms with van der Waals surface area (Å²) in [6.07, 6.45) is 4.80. The van der Waals surface area contributed by atoms with E-state index < -0.39 is 12.2 Å². The minimum absolute atomic E-state index is 0.217. The second-order valence-electron chi connectivity index (χ2n) is 3.85. The van der Waals surface area contributed by atoms with Crippen molar-refractivity contribution in [1.29, 1.82) is 0 Å². The van der Waals surface area contributed by atoms with Crippen LogP contribution in [-0.4, -0.2) is 34.1 Å². The standard InChI is InChI=1S/C11H24O3/c1-2-3-7-10(13)11(14)8-5-4-6-9-12/h10-14H,2-9H2,1H3. The van der Waals surface area contributed by atoms with Gasteiger partial charge in [0, 0.05) is 6.61 Å². The lowest BCUT2D eigenvalue weighted by Crippen LogP contribution is -2.25. The van der Waals surface area contributed by atoms with E-state index in [1.54, 1.807) is 0 Å². The summed E-state index contributed by atoms with van der Waals surface area (Å²) in [6.45, 7) is 2.29. The van der Waals surface area contributed by atoms with Crippen LogP contribution in [0, 0.1) is 0 Å². The number of hydrogen-bond acceptors (Lipinski definition) is 3. The van der Waals surface area contributed by atoms with Crippen molar-refractivity contribution in [3.63, 3.8) is 0 Å². The molecule has 0 aliphatic rings. The van der Waals surface area contributed by atoms with Gasteiger partial charge < -0.3 is 15.3 Å². The van der Waals surface area contributed by atoms with Crippen LogP contribution in [0.2, 0.25) is 0 Å². The number of unbranched alkanes of at least 4 members (excludes halogenated alkanes) is 3. The van der Waals surface area contributed by atoms with Crippen molar-refractivity contribution in [1.82, 2.24) is 0 Å². The van der Waals surface area contributed by atoms with E-state index in [0.29, 0.717) is 12.8 Å². The van der Waals surface area contributed by atoms with E-state index in [2.05, 4.69) is 6.92 Å². The zero-order valence-corrected chi connectivity index (χ0v) is 9.15. The highest BCUT2D eigenvalue weighted by Gasteiger charge is 2.14. The summed E-state index contributed by atoms with van der Waals surface area (Å²) in [6, 6.07) is 0. The van der Waals surface area contributed by atoms with Gasteiger partial charge in [0.15, 0.2) is 0 Å². The maximum Gasteiger partial charge on any atom is 0.0799 e. The van der Waals surface area contributed by atoms with Gasteiger partial charge in [0.25, 0.3) is 0 Å². The first-order chi connectivity index (χ1) is 6.72. The number of aliphatic hydroxyl groups is 3. The molecule has 0 spiro atoms. The smallest absolute Gasteiger partial charge is 0.0799 e. The quantitative estimate of drug-likeness (QED) is 0.498. The lowest BCUT2D eigenvalue weighted by molar-refractivity contribution is 0.00726. The van der Waals surface area contributed by atoms with Crippen molar-refractivity contribution in [3.8, 4) is 0 Å². The third kappa shape index (κ3) is 7.30. The minimum atomic E-state index is -0.583. The summed E-state index contributed by atoms with van der Waals surface area (Å²) in [5, 5.41) is 27.6. The molecule has 3 N–H and O–H groups in total. The van der Waals surface area contributed by atoms with Gasteiger partial charge in [0.2, 0.25) is 0 Å². The molecule has 86 valence electrons. The molecule has 0 aromatic rings. The second kappa shape index (κ2) is 9.44. The largest absolute Gasteiger partial charge is 0.396 e. The van der Waals surface area contributed by atoms with Crippen LogP contribution in [0.1, 0.15) is 51.9 Å². The van der Waals surface area contributed by atoms with Gasteiger partial charge in [-0.3, -0.25) is 0 Å². The third-order valence-corrected chi connectivity index (χ3v) is 2.46.